The second kappa shape index (κ2) is 8.36. The standard InChI is InChI=1S/C22H24N4O4/c1-6-25-16(5)20(12-23-25)22(27)24-17-9-18(26(28)29)11-19(10-17)30-21-8-13(2)7-14(3)15(21)4/h7-12H,6H2,1-5H3,(H,24,27). The van der Waals surface area contributed by atoms with E-state index >= 15 is 0 Å². The maximum atomic E-state index is 12.7. The van der Waals surface area contributed by atoms with E-state index in [2.05, 4.69) is 10.4 Å². The number of carbonyl (C=O) groups is 1. The summed E-state index contributed by atoms with van der Waals surface area (Å²) in [6.07, 6.45) is 1.49. The van der Waals surface area contributed by atoms with Gasteiger partial charge in [-0.1, -0.05) is 6.07 Å². The first kappa shape index (κ1) is 21.0. The molecule has 0 saturated carbocycles. The summed E-state index contributed by atoms with van der Waals surface area (Å²) in [5, 5.41) is 18.3. The van der Waals surface area contributed by atoms with E-state index in [1.807, 2.05) is 39.8 Å². The van der Waals surface area contributed by atoms with Crippen molar-refractivity contribution in [3.05, 3.63) is 74.6 Å². The highest BCUT2D eigenvalue weighted by Gasteiger charge is 2.17. The fourth-order valence-corrected chi connectivity index (χ4v) is 3.24. The van der Waals surface area contributed by atoms with Gasteiger partial charge in [-0.3, -0.25) is 19.6 Å². The number of amides is 1. The lowest BCUT2D eigenvalue weighted by Crippen LogP contribution is -2.13. The SMILES string of the molecule is CCn1ncc(C(=O)Nc2cc(Oc3cc(C)cc(C)c3C)cc([N+](=O)[O-])c2)c1C. The second-order valence-corrected chi connectivity index (χ2v) is 7.19. The minimum atomic E-state index is -0.517. The molecule has 3 rings (SSSR count). The molecule has 0 radical (unpaired) electrons. The van der Waals surface area contributed by atoms with Crippen LogP contribution >= 0.6 is 0 Å². The average molecular weight is 408 g/mol. The van der Waals surface area contributed by atoms with Gasteiger partial charge in [0.15, 0.2) is 0 Å². The van der Waals surface area contributed by atoms with Crippen LogP contribution in [0.2, 0.25) is 0 Å². The van der Waals surface area contributed by atoms with Crippen molar-refractivity contribution in [3.63, 3.8) is 0 Å². The summed E-state index contributed by atoms with van der Waals surface area (Å²) in [7, 11) is 0. The summed E-state index contributed by atoms with van der Waals surface area (Å²) in [4.78, 5) is 23.6. The summed E-state index contributed by atoms with van der Waals surface area (Å²) in [6.45, 7) is 10.2. The van der Waals surface area contributed by atoms with E-state index in [-0.39, 0.29) is 23.0 Å². The maximum Gasteiger partial charge on any atom is 0.275 e. The zero-order chi connectivity index (χ0) is 22.0. The number of rotatable bonds is 6. The largest absolute Gasteiger partial charge is 0.457 e. The molecule has 8 nitrogen and oxygen atoms in total. The Morgan fingerprint density at radius 2 is 1.90 bits per heavy atom. The zero-order valence-electron chi connectivity index (χ0n) is 17.6. The lowest BCUT2D eigenvalue weighted by atomic mass is 10.1. The minimum Gasteiger partial charge on any atom is -0.457 e. The third-order valence-electron chi connectivity index (χ3n) is 5.00. The first-order chi connectivity index (χ1) is 14.2. The van der Waals surface area contributed by atoms with Crippen molar-refractivity contribution < 1.29 is 14.5 Å². The van der Waals surface area contributed by atoms with Gasteiger partial charge in [-0.2, -0.15) is 5.10 Å². The summed E-state index contributed by atoms with van der Waals surface area (Å²) < 4.78 is 7.67. The number of non-ortho nitro benzene ring substituents is 1. The molecule has 1 N–H and O–H groups in total. The molecule has 0 aliphatic rings. The van der Waals surface area contributed by atoms with Crippen LogP contribution in [0, 0.1) is 37.8 Å². The van der Waals surface area contributed by atoms with Crippen LogP contribution in [-0.4, -0.2) is 20.6 Å². The normalized spacial score (nSPS) is 10.7. The third kappa shape index (κ3) is 4.32. The number of hydrogen-bond donors (Lipinski definition) is 1. The van der Waals surface area contributed by atoms with E-state index in [9.17, 15) is 14.9 Å². The number of benzene rings is 2. The van der Waals surface area contributed by atoms with Crippen LogP contribution in [0.15, 0.2) is 36.5 Å². The first-order valence-electron chi connectivity index (χ1n) is 9.58. The highest BCUT2D eigenvalue weighted by molar-refractivity contribution is 6.05. The molecule has 0 saturated heterocycles. The molecule has 0 aliphatic heterocycles. The van der Waals surface area contributed by atoms with Crippen LogP contribution in [-0.2, 0) is 6.54 Å². The van der Waals surface area contributed by atoms with Crippen LogP contribution in [0.5, 0.6) is 11.5 Å². The molecule has 0 bridgehead atoms. The Morgan fingerprint density at radius 3 is 2.53 bits per heavy atom. The van der Waals surface area contributed by atoms with E-state index < -0.39 is 4.92 Å². The molecule has 2 aromatic carbocycles. The fourth-order valence-electron chi connectivity index (χ4n) is 3.24. The number of hydrogen-bond acceptors (Lipinski definition) is 5. The van der Waals surface area contributed by atoms with Gasteiger partial charge in [0, 0.05) is 24.4 Å². The Bertz CT molecular complexity index is 1130. The average Bonchev–Trinajstić information content (AvgIpc) is 3.06. The lowest BCUT2D eigenvalue weighted by Gasteiger charge is -2.13. The van der Waals surface area contributed by atoms with Crippen molar-refractivity contribution in [2.24, 2.45) is 0 Å². The van der Waals surface area contributed by atoms with Gasteiger partial charge in [-0.25, -0.2) is 0 Å². The van der Waals surface area contributed by atoms with Crippen LogP contribution in [0.1, 0.15) is 39.7 Å². The number of nitro groups is 1. The van der Waals surface area contributed by atoms with E-state index in [1.165, 1.54) is 18.3 Å². The molecule has 8 heteroatoms. The number of aryl methyl sites for hydroxylation is 3. The predicted molar refractivity (Wildman–Crippen MR) is 114 cm³/mol. The van der Waals surface area contributed by atoms with Crippen LogP contribution in [0.3, 0.4) is 0 Å². The Labute approximate surface area is 174 Å². The molecule has 0 atom stereocenters. The number of carbonyl (C=O) groups excluding carboxylic acids is 1. The van der Waals surface area contributed by atoms with Crippen molar-refractivity contribution in [2.75, 3.05) is 5.32 Å². The number of aromatic nitrogens is 2. The second-order valence-electron chi connectivity index (χ2n) is 7.19. The van der Waals surface area contributed by atoms with Crippen LogP contribution in [0.4, 0.5) is 11.4 Å². The van der Waals surface area contributed by atoms with Gasteiger partial charge in [-0.15, -0.1) is 0 Å². The van der Waals surface area contributed by atoms with E-state index in [4.69, 9.17) is 4.74 Å². The van der Waals surface area contributed by atoms with Gasteiger partial charge in [0.2, 0.25) is 0 Å². The summed E-state index contributed by atoms with van der Waals surface area (Å²) >= 11 is 0. The molecule has 1 amide bonds. The quantitative estimate of drug-likeness (QED) is 0.452. The lowest BCUT2D eigenvalue weighted by molar-refractivity contribution is -0.384. The van der Waals surface area contributed by atoms with Gasteiger partial charge >= 0.3 is 0 Å². The van der Waals surface area contributed by atoms with Crippen molar-refractivity contribution in [1.82, 2.24) is 9.78 Å². The van der Waals surface area contributed by atoms with Gasteiger partial charge in [0.1, 0.15) is 11.5 Å². The minimum absolute atomic E-state index is 0.175. The van der Waals surface area contributed by atoms with Gasteiger partial charge in [-0.05, 0) is 57.4 Å². The summed E-state index contributed by atoms with van der Waals surface area (Å²) in [6, 6.07) is 8.13. The maximum absolute atomic E-state index is 12.7. The number of nitrogens with one attached hydrogen (secondary N) is 1. The molecule has 0 aliphatic carbocycles. The monoisotopic (exact) mass is 408 g/mol. The van der Waals surface area contributed by atoms with Crippen molar-refractivity contribution in [2.45, 2.75) is 41.2 Å². The summed E-state index contributed by atoms with van der Waals surface area (Å²) in [5.41, 5.74) is 4.27. The van der Waals surface area contributed by atoms with Crippen molar-refractivity contribution in [3.8, 4) is 11.5 Å². The molecule has 0 fully saturated rings. The van der Waals surface area contributed by atoms with E-state index in [1.54, 1.807) is 17.7 Å². The van der Waals surface area contributed by atoms with E-state index in [0.29, 0.717) is 17.9 Å². The van der Waals surface area contributed by atoms with Crippen LogP contribution in [0.25, 0.3) is 0 Å². The van der Waals surface area contributed by atoms with Gasteiger partial charge < -0.3 is 10.1 Å². The van der Waals surface area contributed by atoms with Gasteiger partial charge in [0.05, 0.1) is 28.4 Å². The Balaban J connectivity index is 1.94. The molecule has 156 valence electrons. The van der Waals surface area contributed by atoms with Crippen LogP contribution < -0.4 is 10.1 Å². The molecule has 3 aromatic rings. The third-order valence-corrected chi connectivity index (χ3v) is 5.00. The Hall–Kier alpha value is -3.68. The Kier molecular flexibility index (Phi) is 5.86. The highest BCUT2D eigenvalue weighted by Crippen LogP contribution is 2.33. The molecular weight excluding hydrogens is 384 g/mol. The topological polar surface area (TPSA) is 99.3 Å². The van der Waals surface area contributed by atoms with E-state index in [0.717, 1.165) is 22.4 Å². The first-order valence-corrected chi connectivity index (χ1v) is 9.58. The van der Waals surface area contributed by atoms with Crippen molar-refractivity contribution in [1.29, 1.82) is 0 Å². The smallest absolute Gasteiger partial charge is 0.275 e. The fraction of sp³-hybridized carbons (Fsp3) is 0.273. The molecule has 30 heavy (non-hydrogen) atoms. The molecule has 0 spiro atoms. The van der Waals surface area contributed by atoms with Crippen molar-refractivity contribution >= 4 is 17.3 Å². The number of nitrogens with zero attached hydrogens (tertiary/aromatic N) is 3. The molecule has 1 heterocycles. The number of nitro benzene ring substituents is 1. The number of ether oxygens (including phenoxy) is 1. The highest BCUT2D eigenvalue weighted by atomic mass is 16.6. The predicted octanol–water partition coefficient (Wildman–Crippen LogP) is 5.09. The zero-order valence-corrected chi connectivity index (χ0v) is 17.6. The molecule has 0 unspecified atom stereocenters. The van der Waals surface area contributed by atoms with Gasteiger partial charge in [0.25, 0.3) is 11.6 Å². The number of anilines is 1. The molecular formula is C22H24N4O4. The Morgan fingerprint density at radius 1 is 1.17 bits per heavy atom. The molecule has 1 aromatic heterocycles. The summed E-state index contributed by atoms with van der Waals surface area (Å²) in [5.74, 6) is 0.500.